The molecule has 0 aliphatic carbocycles. The summed E-state index contributed by atoms with van der Waals surface area (Å²) in [6.45, 7) is 1.23. The second-order valence-corrected chi connectivity index (χ2v) is 5.60. The number of nitrogens with one attached hydrogen (secondary N) is 2. The quantitative estimate of drug-likeness (QED) is 0.630. The van der Waals surface area contributed by atoms with E-state index >= 15 is 0 Å². The third kappa shape index (κ3) is 5.22. The van der Waals surface area contributed by atoms with E-state index in [0.717, 1.165) is 24.2 Å². The van der Waals surface area contributed by atoms with Gasteiger partial charge in [0.05, 0.1) is 5.69 Å². The van der Waals surface area contributed by atoms with Crippen molar-refractivity contribution in [2.45, 2.75) is 13.0 Å². The number of benzene rings is 1. The van der Waals surface area contributed by atoms with Crippen LogP contribution in [0.25, 0.3) is 0 Å². The molecule has 0 unspecified atom stereocenters. The molecule has 24 heavy (non-hydrogen) atoms. The number of rotatable bonds is 6. The normalized spacial score (nSPS) is 11.2. The van der Waals surface area contributed by atoms with E-state index in [2.05, 4.69) is 20.6 Å². The molecule has 2 aromatic rings. The van der Waals surface area contributed by atoms with Crippen LogP contribution in [0.4, 0.5) is 10.1 Å². The van der Waals surface area contributed by atoms with E-state index in [4.69, 9.17) is 0 Å². The summed E-state index contributed by atoms with van der Waals surface area (Å²) in [6, 6.07) is 11.1. The minimum Gasteiger partial charge on any atom is -0.375 e. The molecule has 2 N–H and O–H groups in total. The second-order valence-electron chi connectivity index (χ2n) is 5.60. The number of hydrogen-bond donors (Lipinski definition) is 2. The van der Waals surface area contributed by atoms with Gasteiger partial charge < -0.3 is 15.5 Å². The van der Waals surface area contributed by atoms with E-state index in [1.807, 2.05) is 38.4 Å². The summed E-state index contributed by atoms with van der Waals surface area (Å²) in [4.78, 5) is 10.2. The van der Waals surface area contributed by atoms with Crippen molar-refractivity contribution in [1.82, 2.24) is 15.6 Å². The van der Waals surface area contributed by atoms with Crippen LogP contribution in [0.1, 0.15) is 11.3 Å². The maximum atomic E-state index is 14.0. The molecule has 0 aliphatic rings. The molecule has 0 saturated carbocycles. The Bertz CT molecular complexity index is 670. The highest BCUT2D eigenvalue weighted by atomic mass is 19.1. The SMILES string of the molecule is CN=C(NCCc1ccccn1)NCc1ccc(N(C)C)c(F)c1. The first-order valence-electron chi connectivity index (χ1n) is 7.90. The summed E-state index contributed by atoms with van der Waals surface area (Å²) in [5.41, 5.74) is 2.48. The maximum absolute atomic E-state index is 14.0. The van der Waals surface area contributed by atoms with Crippen LogP contribution in [-0.4, -0.2) is 38.6 Å². The lowest BCUT2D eigenvalue weighted by atomic mass is 10.2. The van der Waals surface area contributed by atoms with Crippen molar-refractivity contribution in [3.8, 4) is 0 Å². The van der Waals surface area contributed by atoms with Gasteiger partial charge in [0.15, 0.2) is 5.96 Å². The van der Waals surface area contributed by atoms with Crippen LogP contribution < -0.4 is 15.5 Å². The molecule has 5 nitrogen and oxygen atoms in total. The summed E-state index contributed by atoms with van der Waals surface area (Å²) >= 11 is 0. The molecule has 0 radical (unpaired) electrons. The molecule has 0 amide bonds. The molecule has 0 bridgehead atoms. The lowest BCUT2D eigenvalue weighted by molar-refractivity contribution is 0.623. The topological polar surface area (TPSA) is 52.6 Å². The summed E-state index contributed by atoms with van der Waals surface area (Å²) in [5.74, 6) is 0.459. The third-order valence-corrected chi connectivity index (χ3v) is 3.58. The van der Waals surface area contributed by atoms with E-state index in [1.54, 1.807) is 30.3 Å². The Morgan fingerprint density at radius 3 is 2.67 bits per heavy atom. The van der Waals surface area contributed by atoms with Crippen molar-refractivity contribution >= 4 is 11.6 Å². The molecule has 0 spiro atoms. The highest BCUT2D eigenvalue weighted by Crippen LogP contribution is 2.18. The number of hydrogen-bond acceptors (Lipinski definition) is 3. The molecular weight excluding hydrogens is 305 g/mol. The van der Waals surface area contributed by atoms with Crippen LogP contribution in [0.15, 0.2) is 47.6 Å². The smallest absolute Gasteiger partial charge is 0.191 e. The number of anilines is 1. The van der Waals surface area contributed by atoms with Gasteiger partial charge in [0.2, 0.25) is 0 Å². The van der Waals surface area contributed by atoms with Crippen molar-refractivity contribution in [2.75, 3.05) is 32.6 Å². The van der Waals surface area contributed by atoms with Crippen LogP contribution >= 0.6 is 0 Å². The van der Waals surface area contributed by atoms with Gasteiger partial charge in [-0.15, -0.1) is 0 Å². The second kappa shape index (κ2) is 8.86. The standard InChI is InChI=1S/C18H24FN5/c1-20-18(22-11-9-15-6-4-5-10-21-15)23-13-14-7-8-17(24(2)3)16(19)12-14/h4-8,10,12H,9,11,13H2,1-3H3,(H2,20,22,23). The molecule has 1 aromatic heterocycles. The first-order valence-corrected chi connectivity index (χ1v) is 7.90. The summed E-state index contributed by atoms with van der Waals surface area (Å²) < 4.78 is 14.0. The van der Waals surface area contributed by atoms with Crippen LogP contribution in [0.2, 0.25) is 0 Å². The molecular formula is C18H24FN5. The van der Waals surface area contributed by atoms with Gasteiger partial charge in [-0.1, -0.05) is 12.1 Å². The first kappa shape index (κ1) is 17.7. The zero-order valence-corrected chi connectivity index (χ0v) is 14.4. The predicted octanol–water partition coefficient (Wildman–Crippen LogP) is 2.19. The van der Waals surface area contributed by atoms with Crippen LogP contribution in [0.3, 0.4) is 0 Å². The average Bonchev–Trinajstić information content (AvgIpc) is 2.58. The van der Waals surface area contributed by atoms with Crippen molar-refractivity contribution in [2.24, 2.45) is 4.99 Å². The third-order valence-electron chi connectivity index (χ3n) is 3.58. The van der Waals surface area contributed by atoms with E-state index in [0.29, 0.717) is 18.2 Å². The molecule has 0 aliphatic heterocycles. The van der Waals surface area contributed by atoms with Crippen LogP contribution in [0.5, 0.6) is 0 Å². The molecule has 0 atom stereocenters. The summed E-state index contributed by atoms with van der Waals surface area (Å²) in [6.07, 6.45) is 2.60. The van der Waals surface area contributed by atoms with Gasteiger partial charge in [0.1, 0.15) is 5.82 Å². The first-order chi connectivity index (χ1) is 11.6. The Morgan fingerprint density at radius 1 is 1.21 bits per heavy atom. The predicted molar refractivity (Wildman–Crippen MR) is 96.9 cm³/mol. The molecule has 1 aromatic carbocycles. The zero-order valence-electron chi connectivity index (χ0n) is 14.4. The van der Waals surface area contributed by atoms with Gasteiger partial charge in [-0.25, -0.2) is 4.39 Å². The van der Waals surface area contributed by atoms with Gasteiger partial charge in [-0.3, -0.25) is 9.98 Å². The highest BCUT2D eigenvalue weighted by Gasteiger charge is 2.06. The lowest BCUT2D eigenvalue weighted by Crippen LogP contribution is -2.37. The van der Waals surface area contributed by atoms with Gasteiger partial charge in [-0.05, 0) is 29.8 Å². The molecule has 0 saturated heterocycles. The zero-order chi connectivity index (χ0) is 17.4. The average molecular weight is 329 g/mol. The molecule has 6 heteroatoms. The lowest BCUT2D eigenvalue weighted by Gasteiger charge is -2.15. The Balaban J connectivity index is 1.82. The van der Waals surface area contributed by atoms with Crippen molar-refractivity contribution in [3.63, 3.8) is 0 Å². The van der Waals surface area contributed by atoms with Crippen LogP contribution in [0, 0.1) is 5.82 Å². The molecule has 128 valence electrons. The van der Waals surface area contributed by atoms with Crippen molar-refractivity contribution < 1.29 is 4.39 Å². The summed E-state index contributed by atoms with van der Waals surface area (Å²) in [7, 11) is 5.36. The minimum atomic E-state index is -0.225. The highest BCUT2D eigenvalue weighted by molar-refractivity contribution is 5.79. The number of guanidine groups is 1. The van der Waals surface area contributed by atoms with Gasteiger partial charge in [0.25, 0.3) is 0 Å². The number of nitrogens with zero attached hydrogens (tertiary/aromatic N) is 3. The van der Waals surface area contributed by atoms with Crippen LogP contribution in [-0.2, 0) is 13.0 Å². The van der Waals surface area contributed by atoms with E-state index in [9.17, 15) is 4.39 Å². The Morgan fingerprint density at radius 2 is 2.04 bits per heavy atom. The largest absolute Gasteiger partial charge is 0.375 e. The number of pyridine rings is 1. The Hall–Kier alpha value is -2.63. The van der Waals surface area contributed by atoms with Gasteiger partial charge in [0, 0.05) is 52.5 Å². The molecule has 0 fully saturated rings. The number of halogens is 1. The Labute approximate surface area is 142 Å². The number of aliphatic imine (C=N–C) groups is 1. The fraction of sp³-hybridized carbons (Fsp3) is 0.333. The van der Waals surface area contributed by atoms with Gasteiger partial charge in [-0.2, -0.15) is 0 Å². The van der Waals surface area contributed by atoms with Crippen molar-refractivity contribution in [1.29, 1.82) is 0 Å². The fourth-order valence-electron chi connectivity index (χ4n) is 2.28. The maximum Gasteiger partial charge on any atom is 0.191 e. The Kier molecular flexibility index (Phi) is 6.54. The monoisotopic (exact) mass is 329 g/mol. The van der Waals surface area contributed by atoms with E-state index in [1.165, 1.54) is 0 Å². The fourth-order valence-corrected chi connectivity index (χ4v) is 2.28. The van der Waals surface area contributed by atoms with Gasteiger partial charge >= 0.3 is 0 Å². The van der Waals surface area contributed by atoms with E-state index in [-0.39, 0.29) is 5.82 Å². The number of aromatic nitrogens is 1. The summed E-state index contributed by atoms with van der Waals surface area (Å²) in [5, 5.41) is 6.42. The molecule has 1 heterocycles. The van der Waals surface area contributed by atoms with Crippen molar-refractivity contribution in [3.05, 3.63) is 59.7 Å². The molecule has 2 rings (SSSR count). The van der Waals surface area contributed by atoms with E-state index < -0.39 is 0 Å². The minimum absolute atomic E-state index is 0.225.